The fraction of sp³-hybridized carbons (Fsp3) is 0.400. The number of nitrogens with zero attached hydrogens (tertiary/aromatic N) is 1. The number of pyridine rings is 1. The summed E-state index contributed by atoms with van der Waals surface area (Å²) in [6.07, 6.45) is 1.77. The van der Waals surface area contributed by atoms with Crippen LogP contribution in [0.25, 0.3) is 0 Å². The van der Waals surface area contributed by atoms with Crippen LogP contribution in [0.1, 0.15) is 36.8 Å². The van der Waals surface area contributed by atoms with Gasteiger partial charge in [-0.05, 0) is 6.07 Å². The van der Waals surface area contributed by atoms with Crippen LogP contribution in [0.3, 0.4) is 0 Å². The Balaban J connectivity index is 3.29. The Labute approximate surface area is 76.8 Å². The molecule has 0 aliphatic carbocycles. The van der Waals surface area contributed by atoms with E-state index < -0.39 is 5.82 Å². The van der Waals surface area contributed by atoms with Gasteiger partial charge in [0.15, 0.2) is 6.29 Å². The Kier molecular flexibility index (Phi) is 2.45. The molecule has 1 rings (SSSR count). The van der Waals surface area contributed by atoms with Crippen LogP contribution in [0.5, 0.6) is 0 Å². The number of aldehydes is 1. The highest BCUT2D eigenvalue weighted by Gasteiger charge is 2.19. The van der Waals surface area contributed by atoms with Gasteiger partial charge in [0.05, 0.1) is 11.9 Å². The summed E-state index contributed by atoms with van der Waals surface area (Å²) >= 11 is 0. The molecule has 13 heavy (non-hydrogen) atoms. The molecule has 0 aliphatic rings. The molecule has 0 saturated heterocycles. The van der Waals surface area contributed by atoms with E-state index in [1.165, 1.54) is 6.07 Å². The first-order valence-corrected chi connectivity index (χ1v) is 4.06. The third-order valence-corrected chi connectivity index (χ3v) is 1.72. The fourth-order valence-corrected chi connectivity index (χ4v) is 1.17. The number of hydrogen-bond acceptors (Lipinski definition) is 2. The van der Waals surface area contributed by atoms with E-state index in [1.54, 1.807) is 0 Å². The second-order valence-corrected chi connectivity index (χ2v) is 3.96. The quantitative estimate of drug-likeness (QED) is 0.622. The number of halogens is 1. The smallest absolute Gasteiger partial charge is 0.152 e. The first-order chi connectivity index (χ1) is 5.95. The number of aromatic nitrogens is 1. The molecular weight excluding hydrogens is 169 g/mol. The Morgan fingerprint density at radius 2 is 2.08 bits per heavy atom. The Bertz CT molecular complexity index is 328. The van der Waals surface area contributed by atoms with Crippen molar-refractivity contribution in [2.24, 2.45) is 0 Å². The van der Waals surface area contributed by atoms with Crippen molar-refractivity contribution >= 4 is 6.29 Å². The van der Waals surface area contributed by atoms with Crippen LogP contribution in [0, 0.1) is 5.82 Å². The van der Waals surface area contributed by atoms with E-state index in [4.69, 9.17) is 0 Å². The molecule has 0 atom stereocenters. The second-order valence-electron chi connectivity index (χ2n) is 3.96. The summed E-state index contributed by atoms with van der Waals surface area (Å²) < 4.78 is 12.7. The van der Waals surface area contributed by atoms with Gasteiger partial charge in [0.25, 0.3) is 0 Å². The minimum absolute atomic E-state index is 0.232. The molecular formula is C10H12FNO. The summed E-state index contributed by atoms with van der Waals surface area (Å²) in [4.78, 5) is 14.5. The largest absolute Gasteiger partial charge is 0.298 e. The lowest BCUT2D eigenvalue weighted by Gasteiger charge is -2.18. The van der Waals surface area contributed by atoms with Gasteiger partial charge in [-0.2, -0.15) is 0 Å². The van der Waals surface area contributed by atoms with E-state index in [9.17, 15) is 9.18 Å². The second kappa shape index (κ2) is 3.24. The molecule has 1 aromatic rings. The third kappa shape index (κ3) is 2.11. The highest BCUT2D eigenvalue weighted by molar-refractivity contribution is 5.76. The average Bonchev–Trinajstić information content (AvgIpc) is 2.01. The van der Waals surface area contributed by atoms with Crippen molar-refractivity contribution in [1.82, 2.24) is 4.98 Å². The van der Waals surface area contributed by atoms with Crippen molar-refractivity contribution in [2.75, 3.05) is 0 Å². The minimum Gasteiger partial charge on any atom is -0.298 e. The van der Waals surface area contributed by atoms with E-state index >= 15 is 0 Å². The first-order valence-electron chi connectivity index (χ1n) is 4.06. The van der Waals surface area contributed by atoms with Crippen LogP contribution >= 0.6 is 0 Å². The van der Waals surface area contributed by atoms with Gasteiger partial charge in [-0.1, -0.05) is 20.8 Å². The van der Waals surface area contributed by atoms with Crippen LogP contribution in [0.4, 0.5) is 4.39 Å². The number of carbonyl (C=O) groups is 1. The van der Waals surface area contributed by atoms with Gasteiger partial charge in [-0.25, -0.2) is 4.39 Å². The normalized spacial score (nSPS) is 11.4. The maximum absolute atomic E-state index is 12.7. The van der Waals surface area contributed by atoms with Crippen LogP contribution in [0.15, 0.2) is 12.3 Å². The SMILES string of the molecule is CC(C)(C)c1ncc(F)cc1C=O. The molecule has 0 N–H and O–H groups in total. The zero-order valence-corrected chi connectivity index (χ0v) is 7.97. The maximum Gasteiger partial charge on any atom is 0.152 e. The van der Waals surface area contributed by atoms with Crippen molar-refractivity contribution in [2.45, 2.75) is 26.2 Å². The number of rotatable bonds is 1. The highest BCUT2D eigenvalue weighted by Crippen LogP contribution is 2.22. The number of carbonyl (C=O) groups excluding carboxylic acids is 1. The van der Waals surface area contributed by atoms with Gasteiger partial charge in [-0.15, -0.1) is 0 Å². The van der Waals surface area contributed by atoms with Crippen LogP contribution in [-0.4, -0.2) is 11.3 Å². The molecule has 2 nitrogen and oxygen atoms in total. The van der Waals surface area contributed by atoms with Crippen molar-refractivity contribution in [3.63, 3.8) is 0 Å². The van der Waals surface area contributed by atoms with Crippen molar-refractivity contribution in [3.8, 4) is 0 Å². The molecule has 1 aromatic heterocycles. The lowest BCUT2D eigenvalue weighted by atomic mass is 9.89. The fourth-order valence-electron chi connectivity index (χ4n) is 1.17. The van der Waals surface area contributed by atoms with Crippen molar-refractivity contribution in [1.29, 1.82) is 0 Å². The Morgan fingerprint density at radius 3 is 2.54 bits per heavy atom. The average molecular weight is 181 g/mol. The zero-order chi connectivity index (χ0) is 10.1. The van der Waals surface area contributed by atoms with Crippen molar-refractivity contribution in [3.05, 3.63) is 29.3 Å². The van der Waals surface area contributed by atoms with Gasteiger partial charge >= 0.3 is 0 Å². The molecule has 0 aromatic carbocycles. The molecule has 3 heteroatoms. The van der Waals surface area contributed by atoms with E-state index in [0.717, 1.165) is 6.20 Å². The lowest BCUT2D eigenvalue weighted by molar-refractivity contribution is 0.112. The Hall–Kier alpha value is -1.25. The van der Waals surface area contributed by atoms with Gasteiger partial charge < -0.3 is 0 Å². The number of hydrogen-bond donors (Lipinski definition) is 0. The molecule has 0 amide bonds. The van der Waals surface area contributed by atoms with E-state index in [0.29, 0.717) is 17.5 Å². The standard InChI is InChI=1S/C10H12FNO/c1-10(2,3)9-7(6-13)4-8(11)5-12-9/h4-6H,1-3H3. The molecule has 70 valence electrons. The summed E-state index contributed by atoms with van der Waals surface area (Å²) in [6, 6.07) is 1.21. The van der Waals surface area contributed by atoms with Gasteiger partial charge in [0, 0.05) is 11.0 Å². The summed E-state index contributed by atoms with van der Waals surface area (Å²) in [5.41, 5.74) is 0.723. The molecule has 0 bridgehead atoms. The molecule has 0 aliphatic heterocycles. The van der Waals surface area contributed by atoms with Crippen LogP contribution < -0.4 is 0 Å². The predicted molar refractivity (Wildman–Crippen MR) is 48.3 cm³/mol. The van der Waals surface area contributed by atoms with Gasteiger partial charge in [-0.3, -0.25) is 9.78 Å². The lowest BCUT2D eigenvalue weighted by Crippen LogP contribution is -2.16. The van der Waals surface area contributed by atoms with Crippen molar-refractivity contribution < 1.29 is 9.18 Å². The van der Waals surface area contributed by atoms with E-state index in [1.807, 2.05) is 20.8 Å². The van der Waals surface area contributed by atoms with E-state index in [2.05, 4.69) is 4.98 Å². The van der Waals surface area contributed by atoms with Gasteiger partial charge in [0.1, 0.15) is 5.82 Å². The monoisotopic (exact) mass is 181 g/mol. The van der Waals surface area contributed by atoms with Gasteiger partial charge in [0.2, 0.25) is 0 Å². The summed E-state index contributed by atoms with van der Waals surface area (Å²) in [5.74, 6) is -0.477. The zero-order valence-electron chi connectivity index (χ0n) is 7.97. The molecule has 0 radical (unpaired) electrons. The maximum atomic E-state index is 12.7. The topological polar surface area (TPSA) is 30.0 Å². The predicted octanol–water partition coefficient (Wildman–Crippen LogP) is 2.33. The Morgan fingerprint density at radius 1 is 1.46 bits per heavy atom. The van der Waals surface area contributed by atoms with Crippen LogP contribution in [-0.2, 0) is 5.41 Å². The third-order valence-electron chi connectivity index (χ3n) is 1.72. The van der Waals surface area contributed by atoms with E-state index in [-0.39, 0.29) is 5.41 Å². The summed E-state index contributed by atoms with van der Waals surface area (Å²) in [5, 5.41) is 0. The highest BCUT2D eigenvalue weighted by atomic mass is 19.1. The molecule has 0 saturated carbocycles. The summed E-state index contributed by atoms with van der Waals surface area (Å²) in [6.45, 7) is 5.79. The van der Waals surface area contributed by atoms with Crippen LogP contribution in [0.2, 0.25) is 0 Å². The first kappa shape index (κ1) is 9.84. The summed E-state index contributed by atoms with van der Waals surface area (Å²) in [7, 11) is 0. The molecule has 1 heterocycles. The molecule has 0 unspecified atom stereocenters. The molecule has 0 spiro atoms. The minimum atomic E-state index is -0.477. The molecule has 0 fully saturated rings.